The topological polar surface area (TPSA) is 13.1 Å². The highest BCUT2D eigenvalue weighted by Gasteiger charge is 2.50. The number of nitrogens with zero attached hydrogens (tertiary/aromatic N) is 1. The molecule has 5 rings (SSSR count). The van der Waals surface area contributed by atoms with Gasteiger partial charge in [-0.05, 0) is 24.3 Å². The summed E-state index contributed by atoms with van der Waals surface area (Å²) in [6.45, 7) is -1.53. The second-order valence-corrected chi connectivity index (χ2v) is 6.29. The third-order valence-corrected chi connectivity index (χ3v) is 5.00. The van der Waals surface area contributed by atoms with Gasteiger partial charge in [-0.3, -0.25) is 0 Å². The van der Waals surface area contributed by atoms with Gasteiger partial charge < -0.3 is 9.13 Å². The Bertz CT molecular complexity index is 987. The van der Waals surface area contributed by atoms with Gasteiger partial charge in [0, 0.05) is 5.39 Å². The molecule has 0 amide bonds. The highest BCUT2D eigenvalue weighted by Crippen LogP contribution is 2.29. The van der Waals surface area contributed by atoms with Crippen molar-refractivity contribution >= 4 is 28.3 Å². The van der Waals surface area contributed by atoms with Crippen molar-refractivity contribution in [3.63, 3.8) is 0 Å². The fraction of sp³-hybridized carbons (Fsp3) is 0. The summed E-state index contributed by atoms with van der Waals surface area (Å²) in [5.41, 5.74) is 3.52. The molecule has 0 saturated carbocycles. The SMILES string of the molecule is c1ccc([B-]2(c3ccccc3)Oc3cccc4ccc[n+]2c34)cc1. The molecule has 0 fully saturated rings. The normalized spacial score (nSPS) is 14.5. The van der Waals surface area contributed by atoms with Crippen molar-refractivity contribution < 1.29 is 9.13 Å². The van der Waals surface area contributed by atoms with Crippen LogP contribution < -0.4 is 20.1 Å². The minimum absolute atomic E-state index is 0.945. The first-order valence-electron chi connectivity index (χ1n) is 8.28. The van der Waals surface area contributed by atoms with Crippen LogP contribution >= 0.6 is 0 Å². The Morgan fingerprint density at radius 1 is 0.625 bits per heavy atom. The van der Waals surface area contributed by atoms with E-state index in [4.69, 9.17) is 4.65 Å². The number of para-hydroxylation sites is 1. The zero-order valence-electron chi connectivity index (χ0n) is 13.2. The monoisotopic (exact) mass is 309 g/mol. The summed E-state index contributed by atoms with van der Waals surface area (Å²) in [5.74, 6) is 0.945. The first-order chi connectivity index (χ1) is 11.9. The molecule has 0 bridgehead atoms. The molecule has 0 atom stereocenters. The highest BCUT2D eigenvalue weighted by atomic mass is 16.5. The van der Waals surface area contributed by atoms with Crippen LogP contribution in [0.15, 0.2) is 97.2 Å². The number of pyridine rings is 1. The third-order valence-electron chi connectivity index (χ3n) is 5.00. The van der Waals surface area contributed by atoms with Gasteiger partial charge >= 0.3 is 6.48 Å². The van der Waals surface area contributed by atoms with Gasteiger partial charge in [-0.2, -0.15) is 0 Å². The minimum Gasteiger partial charge on any atom is -0.647 e. The zero-order chi connectivity index (χ0) is 16.0. The van der Waals surface area contributed by atoms with Gasteiger partial charge in [-0.1, -0.05) is 77.7 Å². The van der Waals surface area contributed by atoms with Gasteiger partial charge in [0.05, 0.1) is 0 Å². The van der Waals surface area contributed by atoms with E-state index in [9.17, 15) is 0 Å². The number of hydrogen-bond acceptors (Lipinski definition) is 1. The van der Waals surface area contributed by atoms with Crippen molar-refractivity contribution in [2.45, 2.75) is 0 Å². The summed E-state index contributed by atoms with van der Waals surface area (Å²) < 4.78 is 9.02. The molecule has 114 valence electrons. The second-order valence-electron chi connectivity index (χ2n) is 6.29. The van der Waals surface area contributed by atoms with E-state index in [0.717, 1.165) is 11.3 Å². The van der Waals surface area contributed by atoms with Gasteiger partial charge in [-0.15, -0.1) is 0 Å². The van der Waals surface area contributed by atoms with Crippen LogP contribution in [-0.2, 0) is 0 Å². The molecule has 2 nitrogen and oxygen atoms in total. The smallest absolute Gasteiger partial charge is 0.513 e. The van der Waals surface area contributed by atoms with Crippen molar-refractivity contribution in [2.75, 3.05) is 0 Å². The molecule has 4 aromatic rings. The van der Waals surface area contributed by atoms with Crippen LogP contribution in [0, 0.1) is 0 Å². The van der Waals surface area contributed by atoms with Gasteiger partial charge in [0.1, 0.15) is 11.9 Å². The van der Waals surface area contributed by atoms with E-state index in [1.807, 2.05) is 12.1 Å². The fourth-order valence-corrected chi connectivity index (χ4v) is 3.98. The number of aromatic nitrogens is 1. The van der Waals surface area contributed by atoms with Crippen molar-refractivity contribution in [3.05, 3.63) is 97.2 Å². The first kappa shape index (κ1) is 13.4. The van der Waals surface area contributed by atoms with Crippen LogP contribution in [0.3, 0.4) is 0 Å². The summed E-state index contributed by atoms with van der Waals surface area (Å²) >= 11 is 0. The van der Waals surface area contributed by atoms with Crippen molar-refractivity contribution in [1.29, 1.82) is 0 Å². The summed E-state index contributed by atoms with van der Waals surface area (Å²) in [6, 6.07) is 31.5. The van der Waals surface area contributed by atoms with Crippen LogP contribution in [0.4, 0.5) is 0 Å². The molecule has 0 radical (unpaired) electrons. The molecule has 2 heterocycles. The molecule has 0 unspecified atom stereocenters. The van der Waals surface area contributed by atoms with E-state index in [1.165, 1.54) is 16.3 Å². The fourth-order valence-electron chi connectivity index (χ4n) is 3.98. The van der Waals surface area contributed by atoms with E-state index < -0.39 is 6.48 Å². The van der Waals surface area contributed by atoms with Gasteiger partial charge in [0.15, 0.2) is 0 Å². The Morgan fingerprint density at radius 3 is 1.92 bits per heavy atom. The molecular formula is C21H16BNO. The Balaban J connectivity index is 1.91. The highest BCUT2D eigenvalue weighted by molar-refractivity contribution is 6.92. The Hall–Kier alpha value is -3.07. The minimum atomic E-state index is -1.53. The van der Waals surface area contributed by atoms with Crippen LogP contribution in [0.1, 0.15) is 0 Å². The van der Waals surface area contributed by atoms with Crippen LogP contribution in [0.25, 0.3) is 10.9 Å². The van der Waals surface area contributed by atoms with Crippen LogP contribution in [0.2, 0.25) is 0 Å². The van der Waals surface area contributed by atoms with E-state index in [1.54, 1.807) is 0 Å². The van der Waals surface area contributed by atoms with E-state index in [-0.39, 0.29) is 0 Å². The van der Waals surface area contributed by atoms with Crippen LogP contribution in [-0.4, -0.2) is 6.48 Å². The Morgan fingerprint density at radius 2 is 1.25 bits per heavy atom. The van der Waals surface area contributed by atoms with Gasteiger partial charge in [0.25, 0.3) is 0 Å². The molecule has 0 aliphatic carbocycles. The predicted octanol–water partition coefficient (Wildman–Crippen LogP) is 2.62. The molecule has 24 heavy (non-hydrogen) atoms. The molecule has 1 aliphatic heterocycles. The summed E-state index contributed by atoms with van der Waals surface area (Å²) in [7, 11) is 0. The summed E-state index contributed by atoms with van der Waals surface area (Å²) in [5, 5.41) is 1.20. The summed E-state index contributed by atoms with van der Waals surface area (Å²) in [4.78, 5) is 0. The number of benzene rings is 3. The van der Waals surface area contributed by atoms with Crippen LogP contribution in [0.5, 0.6) is 5.75 Å². The second kappa shape index (κ2) is 4.97. The molecule has 1 aliphatic rings. The maximum atomic E-state index is 6.71. The summed E-state index contributed by atoms with van der Waals surface area (Å²) in [6.07, 6.45) is 2.14. The standard InChI is InChI=1S/C21H16BNO/c1-3-11-18(12-4-1)22(19-13-5-2-6-14-19)23-16-8-10-17-9-7-15-20(24-22)21(17)23/h1-16H. The van der Waals surface area contributed by atoms with E-state index >= 15 is 0 Å². The third kappa shape index (κ3) is 1.70. The average molecular weight is 309 g/mol. The van der Waals surface area contributed by atoms with Gasteiger partial charge in [-0.25, -0.2) is 0 Å². The average Bonchev–Trinajstić information content (AvgIpc) is 3.01. The lowest BCUT2D eigenvalue weighted by Gasteiger charge is -2.31. The molecule has 3 heteroatoms. The number of rotatable bonds is 2. The van der Waals surface area contributed by atoms with Crippen molar-refractivity contribution in [1.82, 2.24) is 0 Å². The largest absolute Gasteiger partial charge is 0.647 e. The molecule has 1 aromatic heterocycles. The van der Waals surface area contributed by atoms with E-state index in [0.29, 0.717) is 0 Å². The molecule has 0 spiro atoms. The first-order valence-corrected chi connectivity index (χ1v) is 8.28. The quantitative estimate of drug-likeness (QED) is 0.519. The lowest BCUT2D eigenvalue weighted by molar-refractivity contribution is -0.515. The van der Waals surface area contributed by atoms with Crippen molar-refractivity contribution in [2.24, 2.45) is 0 Å². The zero-order valence-corrected chi connectivity index (χ0v) is 13.2. The lowest BCUT2D eigenvalue weighted by atomic mass is 9.41. The molecule has 0 N–H and O–H groups in total. The van der Waals surface area contributed by atoms with Crippen molar-refractivity contribution in [3.8, 4) is 5.75 Å². The molecule has 0 saturated heterocycles. The van der Waals surface area contributed by atoms with E-state index in [2.05, 4.69) is 89.5 Å². The molecule has 3 aromatic carbocycles. The molecular weight excluding hydrogens is 293 g/mol. The Labute approximate surface area is 140 Å². The number of hydrogen-bond donors (Lipinski definition) is 0. The Kier molecular flexibility index (Phi) is 2.77. The maximum Gasteiger partial charge on any atom is 0.513 e. The lowest BCUT2D eigenvalue weighted by Crippen LogP contribution is -2.80. The van der Waals surface area contributed by atoms with Gasteiger partial charge in [0.2, 0.25) is 5.52 Å². The maximum absolute atomic E-state index is 6.71. The predicted molar refractivity (Wildman–Crippen MR) is 98.1 cm³/mol.